The smallest absolute Gasteiger partial charge is 0.0194 e. The first kappa shape index (κ1) is 10.5. The molecular weight excluding hydrogens is 192 g/mol. The van der Waals surface area contributed by atoms with Crippen LogP contribution in [0.4, 0.5) is 0 Å². The number of thioether (sulfide) groups is 1. The Morgan fingerprint density at radius 2 is 2.36 bits per heavy atom. The van der Waals surface area contributed by atoms with Gasteiger partial charge in [0.2, 0.25) is 0 Å². The van der Waals surface area contributed by atoms with Crippen LogP contribution in [0, 0.1) is 0 Å². The lowest BCUT2D eigenvalue weighted by atomic mass is 10.0. The normalized spacial score (nSPS) is 28.7. The van der Waals surface area contributed by atoms with Crippen molar-refractivity contribution < 1.29 is 0 Å². The highest BCUT2D eigenvalue weighted by Crippen LogP contribution is 2.19. The molecule has 0 aromatic heterocycles. The van der Waals surface area contributed by atoms with Crippen LogP contribution in [0.1, 0.15) is 13.8 Å². The highest BCUT2D eigenvalue weighted by atomic mass is 32.2. The van der Waals surface area contributed by atoms with Gasteiger partial charge in [0.1, 0.15) is 0 Å². The van der Waals surface area contributed by atoms with Crippen LogP contribution < -0.4 is 5.32 Å². The standard InChI is InChI=1S/C11H20N2S/c1-9(11-5-12-6-11)7-13-3-4-14-10(2)8-13/h10,12H,3-8H2,1-2H3. The predicted octanol–water partition coefficient (Wildman–Crippen LogP) is 1.34. The Labute approximate surface area is 91.1 Å². The first-order chi connectivity index (χ1) is 6.75. The molecule has 0 bridgehead atoms. The molecule has 0 radical (unpaired) electrons. The minimum Gasteiger partial charge on any atom is -0.309 e. The van der Waals surface area contributed by atoms with Gasteiger partial charge in [-0.05, 0) is 12.5 Å². The monoisotopic (exact) mass is 212 g/mol. The number of hydrogen-bond donors (Lipinski definition) is 1. The molecule has 0 aliphatic carbocycles. The fraction of sp³-hybridized carbons (Fsp3) is 0.818. The molecule has 3 heteroatoms. The average molecular weight is 212 g/mol. The van der Waals surface area contributed by atoms with Gasteiger partial charge in [-0.2, -0.15) is 11.8 Å². The van der Waals surface area contributed by atoms with Crippen molar-refractivity contribution in [3.8, 4) is 0 Å². The van der Waals surface area contributed by atoms with Crippen molar-refractivity contribution in [2.24, 2.45) is 0 Å². The van der Waals surface area contributed by atoms with Crippen LogP contribution in [0.2, 0.25) is 0 Å². The molecule has 2 rings (SSSR count). The third-order valence-corrected chi connectivity index (χ3v) is 4.20. The summed E-state index contributed by atoms with van der Waals surface area (Å²) in [7, 11) is 0. The van der Waals surface area contributed by atoms with E-state index in [0.29, 0.717) is 0 Å². The average Bonchev–Trinajstić information content (AvgIpc) is 1.99. The van der Waals surface area contributed by atoms with Crippen molar-refractivity contribution in [2.45, 2.75) is 19.1 Å². The van der Waals surface area contributed by atoms with Crippen molar-refractivity contribution in [3.63, 3.8) is 0 Å². The van der Waals surface area contributed by atoms with Crippen LogP contribution in [0.3, 0.4) is 0 Å². The zero-order valence-electron chi connectivity index (χ0n) is 9.18. The van der Waals surface area contributed by atoms with E-state index in [1.165, 1.54) is 25.4 Å². The van der Waals surface area contributed by atoms with Crippen LogP contribution in [0.15, 0.2) is 11.1 Å². The zero-order chi connectivity index (χ0) is 9.97. The molecule has 0 amide bonds. The Bertz CT molecular complexity index is 231. The number of rotatable bonds is 2. The molecule has 14 heavy (non-hydrogen) atoms. The van der Waals surface area contributed by atoms with E-state index < -0.39 is 0 Å². The third kappa shape index (κ3) is 2.53. The molecule has 2 aliphatic heterocycles. The Kier molecular flexibility index (Phi) is 3.52. The number of hydrogen-bond acceptors (Lipinski definition) is 3. The predicted molar refractivity (Wildman–Crippen MR) is 63.9 cm³/mol. The van der Waals surface area contributed by atoms with Gasteiger partial charge in [-0.25, -0.2) is 0 Å². The van der Waals surface area contributed by atoms with Crippen molar-refractivity contribution in [3.05, 3.63) is 11.1 Å². The van der Waals surface area contributed by atoms with Gasteiger partial charge in [0, 0.05) is 43.7 Å². The molecule has 80 valence electrons. The van der Waals surface area contributed by atoms with Gasteiger partial charge in [-0.3, -0.25) is 4.90 Å². The fourth-order valence-electron chi connectivity index (χ4n) is 2.03. The van der Waals surface area contributed by atoms with Gasteiger partial charge in [0.05, 0.1) is 0 Å². The fourth-order valence-corrected chi connectivity index (χ4v) is 3.12. The van der Waals surface area contributed by atoms with Crippen LogP contribution in [-0.4, -0.2) is 48.6 Å². The Morgan fingerprint density at radius 3 is 2.93 bits per heavy atom. The Morgan fingerprint density at radius 1 is 1.57 bits per heavy atom. The van der Waals surface area contributed by atoms with E-state index in [1.807, 2.05) is 0 Å². The van der Waals surface area contributed by atoms with Crippen LogP contribution >= 0.6 is 11.8 Å². The SMILES string of the molecule is CC(CN1CCSC(C)C1)=C1CNC1. The van der Waals surface area contributed by atoms with Crippen LogP contribution in [0.25, 0.3) is 0 Å². The van der Waals surface area contributed by atoms with E-state index >= 15 is 0 Å². The number of nitrogens with zero attached hydrogens (tertiary/aromatic N) is 1. The molecular formula is C11H20N2S. The molecule has 1 unspecified atom stereocenters. The molecule has 1 N–H and O–H groups in total. The molecule has 2 aliphatic rings. The van der Waals surface area contributed by atoms with Gasteiger partial charge >= 0.3 is 0 Å². The van der Waals surface area contributed by atoms with Gasteiger partial charge < -0.3 is 5.32 Å². The minimum absolute atomic E-state index is 0.820. The van der Waals surface area contributed by atoms with Crippen molar-refractivity contribution >= 4 is 11.8 Å². The summed E-state index contributed by atoms with van der Waals surface area (Å²) in [6.45, 7) is 10.6. The minimum atomic E-state index is 0.820. The van der Waals surface area contributed by atoms with Gasteiger partial charge in [0.25, 0.3) is 0 Å². The third-order valence-electron chi connectivity index (χ3n) is 3.07. The lowest BCUT2D eigenvalue weighted by molar-refractivity contribution is 0.308. The van der Waals surface area contributed by atoms with E-state index in [2.05, 4.69) is 35.8 Å². The summed E-state index contributed by atoms with van der Waals surface area (Å²) in [5.41, 5.74) is 3.23. The van der Waals surface area contributed by atoms with E-state index in [4.69, 9.17) is 0 Å². The topological polar surface area (TPSA) is 15.3 Å². The largest absolute Gasteiger partial charge is 0.309 e. The second-order valence-electron chi connectivity index (χ2n) is 4.40. The van der Waals surface area contributed by atoms with E-state index in [1.54, 1.807) is 11.1 Å². The molecule has 1 atom stereocenters. The zero-order valence-corrected chi connectivity index (χ0v) is 9.99. The second kappa shape index (κ2) is 4.69. The lowest BCUT2D eigenvalue weighted by Gasteiger charge is -2.32. The summed E-state index contributed by atoms with van der Waals surface area (Å²) >= 11 is 2.11. The highest BCUT2D eigenvalue weighted by molar-refractivity contribution is 7.99. The highest BCUT2D eigenvalue weighted by Gasteiger charge is 2.18. The molecule has 0 spiro atoms. The van der Waals surface area contributed by atoms with E-state index in [0.717, 1.165) is 18.3 Å². The second-order valence-corrected chi connectivity index (χ2v) is 5.95. The molecule has 2 heterocycles. The quantitative estimate of drug-likeness (QED) is 0.696. The van der Waals surface area contributed by atoms with E-state index in [-0.39, 0.29) is 0 Å². The summed E-state index contributed by atoms with van der Waals surface area (Å²) in [4.78, 5) is 2.60. The number of nitrogens with one attached hydrogen (secondary N) is 1. The molecule has 2 fully saturated rings. The van der Waals surface area contributed by atoms with Gasteiger partial charge in [-0.1, -0.05) is 12.5 Å². The summed E-state index contributed by atoms with van der Waals surface area (Å²) in [5, 5.41) is 4.13. The Balaban J connectivity index is 1.84. The molecule has 2 saturated heterocycles. The maximum Gasteiger partial charge on any atom is 0.0194 e. The van der Waals surface area contributed by atoms with E-state index in [9.17, 15) is 0 Å². The summed E-state index contributed by atoms with van der Waals surface area (Å²) < 4.78 is 0. The van der Waals surface area contributed by atoms with Gasteiger partial charge in [-0.15, -0.1) is 0 Å². The van der Waals surface area contributed by atoms with Crippen molar-refractivity contribution in [2.75, 3.05) is 38.5 Å². The molecule has 0 aromatic carbocycles. The van der Waals surface area contributed by atoms with Crippen molar-refractivity contribution in [1.29, 1.82) is 0 Å². The van der Waals surface area contributed by atoms with Crippen LogP contribution in [0.5, 0.6) is 0 Å². The first-order valence-corrected chi connectivity index (χ1v) is 6.53. The molecule has 0 aromatic rings. The molecule has 0 saturated carbocycles. The molecule has 2 nitrogen and oxygen atoms in total. The van der Waals surface area contributed by atoms with Crippen molar-refractivity contribution in [1.82, 2.24) is 10.2 Å². The summed E-state index contributed by atoms with van der Waals surface area (Å²) in [5.74, 6) is 1.31. The maximum atomic E-state index is 3.31. The lowest BCUT2D eigenvalue weighted by Crippen LogP contribution is -2.40. The first-order valence-electron chi connectivity index (χ1n) is 5.48. The van der Waals surface area contributed by atoms with Crippen LogP contribution in [-0.2, 0) is 0 Å². The maximum absolute atomic E-state index is 3.31. The Hall–Kier alpha value is 0.01000. The summed E-state index contributed by atoms with van der Waals surface area (Å²) in [6.07, 6.45) is 0. The summed E-state index contributed by atoms with van der Waals surface area (Å²) in [6, 6.07) is 0. The van der Waals surface area contributed by atoms with Gasteiger partial charge in [0.15, 0.2) is 0 Å².